The summed E-state index contributed by atoms with van der Waals surface area (Å²) in [6.07, 6.45) is 0.206. The molecule has 0 aliphatic heterocycles. The summed E-state index contributed by atoms with van der Waals surface area (Å²) in [5, 5.41) is 4.29. The molecule has 2 aromatic heterocycles. The summed E-state index contributed by atoms with van der Waals surface area (Å²) in [6.45, 7) is 0. The molecule has 0 bridgehead atoms. The number of aromatic nitrogens is 2. The number of rotatable bonds is 4. The SMILES string of the molecule is O=C(CSc1ncnc2sc3c(c12)CCC3)Nc1cccc(C(F)(F)F)c1. The summed E-state index contributed by atoms with van der Waals surface area (Å²) in [5.41, 5.74) is 0.607. The zero-order chi connectivity index (χ0) is 19.0. The minimum atomic E-state index is -4.44. The molecular weight excluding hydrogens is 395 g/mol. The smallest absolute Gasteiger partial charge is 0.325 e. The van der Waals surface area contributed by atoms with Crippen LogP contribution in [0.25, 0.3) is 10.2 Å². The third-order valence-corrected chi connectivity index (χ3v) is 6.47. The zero-order valence-corrected chi connectivity index (χ0v) is 15.6. The summed E-state index contributed by atoms with van der Waals surface area (Å²) in [6, 6.07) is 4.61. The van der Waals surface area contributed by atoms with E-state index in [0.717, 1.165) is 46.6 Å². The lowest BCUT2D eigenvalue weighted by Crippen LogP contribution is -2.15. The lowest BCUT2D eigenvalue weighted by molar-refractivity contribution is -0.137. The van der Waals surface area contributed by atoms with Crippen molar-refractivity contribution in [1.29, 1.82) is 0 Å². The molecular formula is C18H14F3N3OS2. The monoisotopic (exact) mass is 409 g/mol. The van der Waals surface area contributed by atoms with Crippen LogP contribution in [0, 0.1) is 0 Å². The van der Waals surface area contributed by atoms with Crippen molar-refractivity contribution in [2.24, 2.45) is 0 Å². The van der Waals surface area contributed by atoms with Crippen LogP contribution in [-0.2, 0) is 23.8 Å². The molecule has 0 fully saturated rings. The largest absolute Gasteiger partial charge is 0.416 e. The molecule has 0 unspecified atom stereocenters. The van der Waals surface area contributed by atoms with Gasteiger partial charge < -0.3 is 5.32 Å². The van der Waals surface area contributed by atoms with Crippen LogP contribution in [0.5, 0.6) is 0 Å². The van der Waals surface area contributed by atoms with Gasteiger partial charge in [0, 0.05) is 16.0 Å². The fourth-order valence-electron chi connectivity index (χ4n) is 3.11. The van der Waals surface area contributed by atoms with Gasteiger partial charge in [0.2, 0.25) is 5.91 Å². The number of halogens is 3. The van der Waals surface area contributed by atoms with Crippen LogP contribution < -0.4 is 5.32 Å². The van der Waals surface area contributed by atoms with Gasteiger partial charge in [-0.2, -0.15) is 13.2 Å². The Balaban J connectivity index is 1.47. The molecule has 2 heterocycles. The predicted octanol–water partition coefficient (Wildman–Crippen LogP) is 4.93. The Morgan fingerprint density at radius 1 is 1.26 bits per heavy atom. The van der Waals surface area contributed by atoms with E-state index in [9.17, 15) is 18.0 Å². The maximum Gasteiger partial charge on any atom is 0.416 e. The summed E-state index contributed by atoms with van der Waals surface area (Å²) < 4.78 is 38.3. The van der Waals surface area contributed by atoms with Gasteiger partial charge in [-0.05, 0) is 43.0 Å². The second kappa shape index (κ2) is 7.12. The van der Waals surface area contributed by atoms with Gasteiger partial charge in [-0.3, -0.25) is 4.79 Å². The van der Waals surface area contributed by atoms with Gasteiger partial charge in [0.15, 0.2) is 0 Å². The highest BCUT2D eigenvalue weighted by Crippen LogP contribution is 2.40. The Kier molecular flexibility index (Phi) is 4.81. The molecule has 0 spiro atoms. The van der Waals surface area contributed by atoms with Crippen molar-refractivity contribution in [3.05, 3.63) is 46.6 Å². The molecule has 140 valence electrons. The molecule has 1 aliphatic rings. The first-order valence-corrected chi connectivity index (χ1v) is 10.1. The molecule has 1 aliphatic carbocycles. The first-order chi connectivity index (χ1) is 12.9. The summed E-state index contributed by atoms with van der Waals surface area (Å²) in [5.74, 6) is -0.314. The van der Waals surface area contributed by atoms with Crippen LogP contribution in [0.3, 0.4) is 0 Å². The minimum Gasteiger partial charge on any atom is -0.325 e. The van der Waals surface area contributed by atoms with Gasteiger partial charge in [-0.15, -0.1) is 11.3 Å². The Morgan fingerprint density at radius 2 is 2.11 bits per heavy atom. The maximum absolute atomic E-state index is 12.8. The molecule has 0 atom stereocenters. The average Bonchev–Trinajstić information content (AvgIpc) is 3.20. The summed E-state index contributed by atoms with van der Waals surface area (Å²) in [4.78, 5) is 23.1. The number of aryl methyl sites for hydroxylation is 2. The number of benzene rings is 1. The Labute approximate surface area is 161 Å². The van der Waals surface area contributed by atoms with Gasteiger partial charge in [-0.25, -0.2) is 9.97 Å². The predicted molar refractivity (Wildman–Crippen MR) is 100 cm³/mol. The molecule has 1 amide bonds. The van der Waals surface area contributed by atoms with Gasteiger partial charge >= 0.3 is 6.18 Å². The Bertz CT molecular complexity index is 1020. The number of carbonyl (C=O) groups excluding carboxylic acids is 1. The van der Waals surface area contributed by atoms with E-state index in [1.54, 1.807) is 11.3 Å². The van der Waals surface area contributed by atoms with Crippen molar-refractivity contribution >= 4 is 44.9 Å². The van der Waals surface area contributed by atoms with Crippen molar-refractivity contribution in [2.45, 2.75) is 30.5 Å². The van der Waals surface area contributed by atoms with Crippen LogP contribution >= 0.6 is 23.1 Å². The third-order valence-electron chi connectivity index (χ3n) is 4.28. The van der Waals surface area contributed by atoms with Crippen molar-refractivity contribution < 1.29 is 18.0 Å². The van der Waals surface area contributed by atoms with Crippen molar-refractivity contribution in [3.63, 3.8) is 0 Å². The third kappa shape index (κ3) is 3.79. The van der Waals surface area contributed by atoms with Crippen molar-refractivity contribution in [2.75, 3.05) is 11.1 Å². The topological polar surface area (TPSA) is 54.9 Å². The number of hydrogen-bond donors (Lipinski definition) is 1. The number of carbonyl (C=O) groups is 1. The number of fused-ring (bicyclic) bond motifs is 3. The fourth-order valence-corrected chi connectivity index (χ4v) is 5.23. The van der Waals surface area contributed by atoms with Gasteiger partial charge in [0.25, 0.3) is 0 Å². The second-order valence-electron chi connectivity index (χ2n) is 6.13. The van der Waals surface area contributed by atoms with Crippen LogP contribution in [0.1, 0.15) is 22.4 Å². The lowest BCUT2D eigenvalue weighted by Gasteiger charge is -2.10. The van der Waals surface area contributed by atoms with E-state index in [2.05, 4.69) is 15.3 Å². The zero-order valence-electron chi connectivity index (χ0n) is 14.0. The molecule has 1 N–H and O–H groups in total. The first kappa shape index (κ1) is 18.2. The van der Waals surface area contributed by atoms with E-state index >= 15 is 0 Å². The molecule has 0 saturated heterocycles. The van der Waals surface area contributed by atoms with Crippen molar-refractivity contribution in [3.8, 4) is 0 Å². The van der Waals surface area contributed by atoms with E-state index in [1.807, 2.05) is 0 Å². The van der Waals surface area contributed by atoms with E-state index in [1.165, 1.54) is 40.7 Å². The minimum absolute atomic E-state index is 0.0625. The van der Waals surface area contributed by atoms with Crippen LogP contribution in [0.4, 0.5) is 18.9 Å². The van der Waals surface area contributed by atoms with Gasteiger partial charge in [-0.1, -0.05) is 17.8 Å². The maximum atomic E-state index is 12.8. The molecule has 27 heavy (non-hydrogen) atoms. The molecule has 1 aromatic carbocycles. The number of amides is 1. The number of alkyl halides is 3. The number of anilines is 1. The number of nitrogens with one attached hydrogen (secondary N) is 1. The van der Waals surface area contributed by atoms with E-state index in [4.69, 9.17) is 0 Å². The highest BCUT2D eigenvalue weighted by molar-refractivity contribution is 8.00. The molecule has 4 nitrogen and oxygen atoms in total. The first-order valence-electron chi connectivity index (χ1n) is 8.27. The van der Waals surface area contributed by atoms with Gasteiger partial charge in [0.05, 0.1) is 11.3 Å². The van der Waals surface area contributed by atoms with Gasteiger partial charge in [0.1, 0.15) is 16.2 Å². The molecule has 0 radical (unpaired) electrons. The van der Waals surface area contributed by atoms with E-state index < -0.39 is 11.7 Å². The lowest BCUT2D eigenvalue weighted by atomic mass is 10.2. The number of hydrogen-bond acceptors (Lipinski definition) is 5. The highest BCUT2D eigenvalue weighted by Gasteiger charge is 2.30. The van der Waals surface area contributed by atoms with Crippen LogP contribution in [0.15, 0.2) is 35.6 Å². The number of nitrogens with zero attached hydrogens (tertiary/aromatic N) is 2. The average molecular weight is 409 g/mol. The van der Waals surface area contributed by atoms with Crippen LogP contribution in [0.2, 0.25) is 0 Å². The molecule has 9 heteroatoms. The van der Waals surface area contributed by atoms with Crippen LogP contribution in [-0.4, -0.2) is 21.6 Å². The quantitative estimate of drug-likeness (QED) is 0.490. The standard InChI is InChI=1S/C18H14F3N3OS2/c19-18(20,21)10-3-1-4-11(7-10)24-14(25)8-26-16-15-12-5-2-6-13(12)27-17(15)23-9-22-16/h1,3-4,7,9H,2,5-6,8H2,(H,24,25). The van der Waals surface area contributed by atoms with E-state index in [-0.39, 0.29) is 17.3 Å². The normalized spacial score (nSPS) is 13.7. The highest BCUT2D eigenvalue weighted by atomic mass is 32.2. The number of thiophene rings is 1. The summed E-state index contributed by atoms with van der Waals surface area (Å²) >= 11 is 2.95. The molecule has 0 saturated carbocycles. The fraction of sp³-hybridized carbons (Fsp3) is 0.278. The summed E-state index contributed by atoms with van der Waals surface area (Å²) in [7, 11) is 0. The Hall–Kier alpha value is -2.13. The van der Waals surface area contributed by atoms with Crippen molar-refractivity contribution in [1.82, 2.24) is 9.97 Å². The number of thioether (sulfide) groups is 1. The molecule has 4 rings (SSSR count). The second-order valence-corrected chi connectivity index (χ2v) is 8.18. The Morgan fingerprint density at radius 3 is 2.93 bits per heavy atom. The van der Waals surface area contributed by atoms with E-state index in [0.29, 0.717) is 0 Å². The molecule has 3 aromatic rings.